The summed E-state index contributed by atoms with van der Waals surface area (Å²) < 4.78 is 5.39. The molecule has 0 aromatic heterocycles. The summed E-state index contributed by atoms with van der Waals surface area (Å²) in [6.07, 6.45) is 8.06. The van der Waals surface area contributed by atoms with Crippen LogP contribution in [0.3, 0.4) is 0 Å². The number of carbonyl (C=O) groups excluding carboxylic acids is 1. The van der Waals surface area contributed by atoms with Gasteiger partial charge in [0.15, 0.2) is 0 Å². The number of amides is 1. The molecule has 0 radical (unpaired) electrons. The van der Waals surface area contributed by atoms with Gasteiger partial charge in [-0.25, -0.2) is 0 Å². The molecule has 2 fully saturated rings. The minimum absolute atomic E-state index is 0.0518. The second kappa shape index (κ2) is 7.54. The van der Waals surface area contributed by atoms with Crippen molar-refractivity contribution >= 4 is 23.1 Å². The van der Waals surface area contributed by atoms with E-state index in [4.69, 9.17) is 22.7 Å². The number of nitrogens with one attached hydrogen (secondary N) is 1. The van der Waals surface area contributed by atoms with Gasteiger partial charge in [0.2, 0.25) is 5.91 Å². The zero-order valence-electron chi connectivity index (χ0n) is 13.0. The lowest BCUT2D eigenvalue weighted by Crippen LogP contribution is -2.52. The van der Waals surface area contributed by atoms with Crippen molar-refractivity contribution in [3.8, 4) is 0 Å². The molecular weight excluding hydrogens is 284 g/mol. The predicted octanol–water partition coefficient (Wildman–Crippen LogP) is 2.54. The van der Waals surface area contributed by atoms with Crippen LogP contribution in [0.15, 0.2) is 0 Å². The summed E-state index contributed by atoms with van der Waals surface area (Å²) in [6, 6.07) is 0.163. The molecule has 0 spiro atoms. The smallest absolute Gasteiger partial charge is 0.233 e. The molecule has 2 rings (SSSR count). The van der Waals surface area contributed by atoms with Gasteiger partial charge >= 0.3 is 0 Å². The number of rotatable bonds is 4. The fraction of sp³-hybridized carbons (Fsp3) is 0.875. The molecule has 21 heavy (non-hydrogen) atoms. The van der Waals surface area contributed by atoms with E-state index >= 15 is 0 Å². The van der Waals surface area contributed by atoms with Gasteiger partial charge in [0.25, 0.3) is 0 Å². The Bertz CT molecular complexity index is 372. The van der Waals surface area contributed by atoms with Crippen LogP contribution in [0.1, 0.15) is 58.3 Å². The first-order chi connectivity index (χ1) is 10.1. The van der Waals surface area contributed by atoms with Crippen LogP contribution in [0.5, 0.6) is 0 Å². The van der Waals surface area contributed by atoms with Gasteiger partial charge in [-0.05, 0) is 38.5 Å². The highest BCUT2D eigenvalue weighted by molar-refractivity contribution is 7.80. The quantitative estimate of drug-likeness (QED) is 0.618. The first kappa shape index (κ1) is 16.7. The van der Waals surface area contributed by atoms with E-state index in [1.165, 1.54) is 12.8 Å². The third-order valence-corrected chi connectivity index (χ3v) is 5.59. The summed E-state index contributed by atoms with van der Waals surface area (Å²) >= 11 is 5.27. The van der Waals surface area contributed by atoms with Crippen molar-refractivity contribution in [2.45, 2.75) is 64.3 Å². The Labute approximate surface area is 133 Å². The standard InChI is InChI=1S/C16H28N2O2S/c1-12(13-6-10-20-11-7-13)18-15(19)16(14(17)21)8-4-2-3-5-9-16/h12-13H,2-11H2,1H3,(H2,17,21)(H,18,19). The van der Waals surface area contributed by atoms with Crippen LogP contribution < -0.4 is 11.1 Å². The molecule has 0 bridgehead atoms. The molecule has 1 aliphatic carbocycles. The predicted molar refractivity (Wildman–Crippen MR) is 88.1 cm³/mol. The number of thiocarbonyl (C=S) groups is 1. The molecule has 3 N–H and O–H groups in total. The SMILES string of the molecule is CC(NC(=O)C1(C(N)=S)CCCCCC1)C1CCOCC1. The van der Waals surface area contributed by atoms with Gasteiger partial charge in [-0.3, -0.25) is 4.79 Å². The Morgan fingerprint density at radius 2 is 1.81 bits per heavy atom. The Morgan fingerprint density at radius 3 is 2.33 bits per heavy atom. The number of ether oxygens (including phenoxy) is 1. The lowest BCUT2D eigenvalue weighted by molar-refractivity contribution is -0.129. The summed E-state index contributed by atoms with van der Waals surface area (Å²) in [7, 11) is 0. The van der Waals surface area contributed by atoms with Gasteiger partial charge < -0.3 is 15.8 Å². The largest absolute Gasteiger partial charge is 0.392 e. The summed E-state index contributed by atoms with van der Waals surface area (Å²) in [6.45, 7) is 3.69. The Balaban J connectivity index is 2.02. The van der Waals surface area contributed by atoms with Crippen molar-refractivity contribution in [2.75, 3.05) is 13.2 Å². The highest BCUT2D eigenvalue weighted by Crippen LogP contribution is 2.36. The Kier molecular flexibility index (Phi) is 5.99. The van der Waals surface area contributed by atoms with Crippen LogP contribution >= 0.6 is 12.2 Å². The molecule has 1 saturated heterocycles. The van der Waals surface area contributed by atoms with Crippen molar-refractivity contribution < 1.29 is 9.53 Å². The van der Waals surface area contributed by atoms with Gasteiger partial charge in [-0.15, -0.1) is 0 Å². The van der Waals surface area contributed by atoms with Gasteiger partial charge in [0.05, 0.1) is 10.4 Å². The van der Waals surface area contributed by atoms with E-state index in [-0.39, 0.29) is 11.9 Å². The van der Waals surface area contributed by atoms with E-state index in [0.717, 1.165) is 51.7 Å². The Hall–Kier alpha value is -0.680. The van der Waals surface area contributed by atoms with Crippen molar-refractivity contribution in [2.24, 2.45) is 17.1 Å². The van der Waals surface area contributed by atoms with E-state index in [2.05, 4.69) is 12.2 Å². The summed E-state index contributed by atoms with van der Waals surface area (Å²) in [4.78, 5) is 13.2. The van der Waals surface area contributed by atoms with Gasteiger partial charge in [0.1, 0.15) is 0 Å². The fourth-order valence-corrected chi connectivity index (χ4v) is 3.89. The van der Waals surface area contributed by atoms with Crippen LogP contribution in [0.4, 0.5) is 0 Å². The van der Waals surface area contributed by atoms with Crippen LogP contribution in [0.2, 0.25) is 0 Å². The van der Waals surface area contributed by atoms with Crippen LogP contribution in [0.25, 0.3) is 0 Å². The summed E-state index contributed by atoms with van der Waals surface area (Å²) in [5.74, 6) is 0.549. The third kappa shape index (κ3) is 3.95. The number of hydrogen-bond acceptors (Lipinski definition) is 3. The monoisotopic (exact) mass is 312 g/mol. The molecule has 4 nitrogen and oxygen atoms in total. The van der Waals surface area contributed by atoms with Gasteiger partial charge in [0, 0.05) is 19.3 Å². The number of nitrogens with two attached hydrogens (primary N) is 1. The molecule has 120 valence electrons. The molecule has 5 heteroatoms. The average Bonchev–Trinajstić information content (AvgIpc) is 2.75. The molecule has 1 aliphatic heterocycles. The third-order valence-electron chi connectivity index (χ3n) is 5.20. The Morgan fingerprint density at radius 1 is 1.24 bits per heavy atom. The molecule has 1 atom stereocenters. The van der Waals surface area contributed by atoms with E-state index in [0.29, 0.717) is 10.9 Å². The topological polar surface area (TPSA) is 64.4 Å². The molecule has 1 heterocycles. The maximum Gasteiger partial charge on any atom is 0.233 e. The first-order valence-corrected chi connectivity index (χ1v) is 8.66. The highest BCUT2D eigenvalue weighted by Gasteiger charge is 2.42. The van der Waals surface area contributed by atoms with Crippen LogP contribution in [0, 0.1) is 11.3 Å². The summed E-state index contributed by atoms with van der Waals surface area (Å²) in [5, 5.41) is 3.21. The molecule has 1 amide bonds. The molecule has 0 aromatic carbocycles. The van der Waals surface area contributed by atoms with Crippen LogP contribution in [-0.4, -0.2) is 30.2 Å². The second-order valence-corrected chi connectivity index (χ2v) is 7.01. The molecule has 0 aromatic rings. The van der Waals surface area contributed by atoms with Crippen LogP contribution in [-0.2, 0) is 9.53 Å². The lowest BCUT2D eigenvalue weighted by atomic mass is 9.78. The molecule has 2 aliphatic rings. The average molecular weight is 312 g/mol. The first-order valence-electron chi connectivity index (χ1n) is 8.25. The van der Waals surface area contributed by atoms with E-state index < -0.39 is 5.41 Å². The fourth-order valence-electron chi connectivity index (χ4n) is 3.60. The maximum absolute atomic E-state index is 12.9. The van der Waals surface area contributed by atoms with E-state index in [1.54, 1.807) is 0 Å². The highest BCUT2D eigenvalue weighted by atomic mass is 32.1. The van der Waals surface area contributed by atoms with Crippen molar-refractivity contribution in [3.63, 3.8) is 0 Å². The zero-order valence-corrected chi connectivity index (χ0v) is 13.8. The minimum atomic E-state index is -0.620. The molecule has 1 unspecified atom stereocenters. The van der Waals surface area contributed by atoms with Gasteiger partial charge in [-0.1, -0.05) is 37.9 Å². The lowest BCUT2D eigenvalue weighted by Gasteiger charge is -2.34. The number of carbonyl (C=O) groups is 1. The molecular formula is C16H28N2O2S. The minimum Gasteiger partial charge on any atom is -0.392 e. The maximum atomic E-state index is 12.9. The number of hydrogen-bond donors (Lipinski definition) is 2. The summed E-state index contributed by atoms with van der Waals surface area (Å²) in [5.41, 5.74) is 5.36. The normalized spacial score (nSPS) is 24.8. The van der Waals surface area contributed by atoms with Crippen molar-refractivity contribution in [1.29, 1.82) is 0 Å². The zero-order chi connectivity index (χ0) is 15.3. The van der Waals surface area contributed by atoms with Gasteiger partial charge in [-0.2, -0.15) is 0 Å². The van der Waals surface area contributed by atoms with E-state index in [9.17, 15) is 4.79 Å². The second-order valence-electron chi connectivity index (χ2n) is 6.57. The van der Waals surface area contributed by atoms with Crippen molar-refractivity contribution in [1.82, 2.24) is 5.32 Å². The molecule has 1 saturated carbocycles. The van der Waals surface area contributed by atoms with E-state index in [1.807, 2.05) is 0 Å². The van der Waals surface area contributed by atoms with Crippen molar-refractivity contribution in [3.05, 3.63) is 0 Å².